The van der Waals surface area contributed by atoms with Gasteiger partial charge in [-0.3, -0.25) is 10.1 Å². The van der Waals surface area contributed by atoms with Crippen molar-refractivity contribution < 1.29 is 18.8 Å². The third-order valence-electron chi connectivity index (χ3n) is 2.71. The largest absolute Gasteiger partial charge is 0.395 e. The Morgan fingerprint density at radius 2 is 2.25 bits per heavy atom. The maximum atomic E-state index is 12.6. The van der Waals surface area contributed by atoms with Gasteiger partial charge in [-0.1, -0.05) is 0 Å². The SMILES string of the molecule is O=[N+]([O-])c1c(N(CCO)CC(F)F)ccc2scnc12. The van der Waals surface area contributed by atoms with Gasteiger partial charge in [-0.05, 0) is 12.1 Å². The van der Waals surface area contributed by atoms with Crippen molar-refractivity contribution in [3.8, 4) is 0 Å². The Balaban J connectivity index is 2.55. The molecule has 1 aromatic carbocycles. The van der Waals surface area contributed by atoms with E-state index in [0.29, 0.717) is 4.70 Å². The number of thiazole rings is 1. The highest BCUT2D eigenvalue weighted by Gasteiger charge is 2.25. The molecule has 9 heteroatoms. The molecular formula is C11H11F2N3O3S. The van der Waals surface area contributed by atoms with Crippen molar-refractivity contribution in [1.82, 2.24) is 4.98 Å². The highest BCUT2D eigenvalue weighted by molar-refractivity contribution is 7.16. The summed E-state index contributed by atoms with van der Waals surface area (Å²) in [7, 11) is 0. The number of anilines is 1. The highest BCUT2D eigenvalue weighted by atomic mass is 32.1. The van der Waals surface area contributed by atoms with Crippen LogP contribution in [0.5, 0.6) is 0 Å². The topological polar surface area (TPSA) is 79.5 Å². The summed E-state index contributed by atoms with van der Waals surface area (Å²) in [6.45, 7) is -1.17. The lowest BCUT2D eigenvalue weighted by Gasteiger charge is -2.23. The Morgan fingerprint density at radius 1 is 1.50 bits per heavy atom. The molecule has 0 saturated heterocycles. The van der Waals surface area contributed by atoms with E-state index in [4.69, 9.17) is 5.11 Å². The van der Waals surface area contributed by atoms with Gasteiger partial charge in [0.25, 0.3) is 6.43 Å². The molecule has 1 aromatic heterocycles. The van der Waals surface area contributed by atoms with E-state index in [1.54, 1.807) is 6.07 Å². The highest BCUT2D eigenvalue weighted by Crippen LogP contribution is 2.36. The minimum atomic E-state index is -2.66. The second kappa shape index (κ2) is 6.06. The van der Waals surface area contributed by atoms with Crippen LogP contribution in [0.15, 0.2) is 17.6 Å². The molecule has 2 aromatic rings. The smallest absolute Gasteiger partial charge is 0.319 e. The number of fused-ring (bicyclic) bond motifs is 1. The molecule has 1 N–H and O–H groups in total. The fraction of sp³-hybridized carbons (Fsp3) is 0.364. The summed E-state index contributed by atoms with van der Waals surface area (Å²) in [5, 5.41) is 20.2. The standard InChI is InChI=1S/C11H11F2N3O3S/c12-9(13)5-15(3-4-17)7-1-2-8-10(14-6-20-8)11(7)16(18)19/h1-2,6,9,17H,3-5H2. The van der Waals surface area contributed by atoms with Crippen molar-refractivity contribution in [1.29, 1.82) is 0 Å². The van der Waals surface area contributed by atoms with Gasteiger partial charge in [-0.2, -0.15) is 0 Å². The number of hydrogen-bond acceptors (Lipinski definition) is 6. The molecule has 2 rings (SSSR count). The molecule has 0 amide bonds. The number of hydrogen-bond donors (Lipinski definition) is 1. The average Bonchev–Trinajstić information content (AvgIpc) is 2.84. The second-order valence-electron chi connectivity index (χ2n) is 3.95. The maximum Gasteiger partial charge on any atom is 0.319 e. The van der Waals surface area contributed by atoms with Gasteiger partial charge in [-0.15, -0.1) is 11.3 Å². The summed E-state index contributed by atoms with van der Waals surface area (Å²) in [5.74, 6) is 0. The van der Waals surface area contributed by atoms with E-state index < -0.39 is 17.9 Å². The summed E-state index contributed by atoms with van der Waals surface area (Å²) in [5.41, 5.74) is 1.38. The van der Waals surface area contributed by atoms with Gasteiger partial charge in [0.05, 0.1) is 28.3 Å². The van der Waals surface area contributed by atoms with E-state index in [1.807, 2.05) is 0 Å². The number of nitro benzene ring substituents is 1. The van der Waals surface area contributed by atoms with E-state index >= 15 is 0 Å². The van der Waals surface area contributed by atoms with Crippen LogP contribution in [0.2, 0.25) is 0 Å². The quantitative estimate of drug-likeness (QED) is 0.654. The monoisotopic (exact) mass is 303 g/mol. The second-order valence-corrected chi connectivity index (χ2v) is 4.84. The molecule has 6 nitrogen and oxygen atoms in total. The molecule has 0 spiro atoms. The summed E-state index contributed by atoms with van der Waals surface area (Å²) in [6.07, 6.45) is -2.66. The number of nitrogens with zero attached hydrogens (tertiary/aromatic N) is 3. The molecule has 0 bridgehead atoms. The van der Waals surface area contributed by atoms with Crippen molar-refractivity contribution in [2.45, 2.75) is 6.43 Å². The van der Waals surface area contributed by atoms with E-state index in [1.165, 1.54) is 22.9 Å². The lowest BCUT2D eigenvalue weighted by atomic mass is 10.2. The minimum Gasteiger partial charge on any atom is -0.395 e. The zero-order valence-corrected chi connectivity index (χ0v) is 11.0. The first-order chi connectivity index (χ1) is 9.54. The zero-order chi connectivity index (χ0) is 14.7. The Bertz CT molecular complexity index is 620. The van der Waals surface area contributed by atoms with Gasteiger partial charge in [0.1, 0.15) is 5.69 Å². The third-order valence-corrected chi connectivity index (χ3v) is 3.50. The number of aromatic nitrogens is 1. The maximum absolute atomic E-state index is 12.6. The normalized spacial score (nSPS) is 11.2. The molecule has 1 heterocycles. The predicted octanol–water partition coefficient (Wildman–Crippen LogP) is 2.27. The Hall–Kier alpha value is -1.87. The first-order valence-electron chi connectivity index (χ1n) is 5.69. The fourth-order valence-corrected chi connectivity index (χ4v) is 2.62. The van der Waals surface area contributed by atoms with E-state index in [-0.39, 0.29) is 30.0 Å². The minimum absolute atomic E-state index is 0.0442. The Kier molecular flexibility index (Phi) is 4.40. The number of aliphatic hydroxyl groups excluding tert-OH is 1. The van der Waals surface area contributed by atoms with Crippen molar-refractivity contribution >= 4 is 32.9 Å². The van der Waals surface area contributed by atoms with Gasteiger partial charge >= 0.3 is 5.69 Å². The molecule has 0 unspecified atom stereocenters. The molecule has 0 aliphatic heterocycles. The van der Waals surface area contributed by atoms with E-state index in [0.717, 1.165) is 4.90 Å². The van der Waals surface area contributed by atoms with E-state index in [2.05, 4.69) is 4.98 Å². The van der Waals surface area contributed by atoms with E-state index in [9.17, 15) is 18.9 Å². The van der Waals surface area contributed by atoms with Gasteiger partial charge in [-0.25, -0.2) is 13.8 Å². The Labute approximate surface area is 116 Å². The van der Waals surface area contributed by atoms with Crippen LogP contribution in [-0.4, -0.2) is 41.1 Å². The van der Waals surface area contributed by atoms with Crippen molar-refractivity contribution in [3.63, 3.8) is 0 Å². The summed E-state index contributed by atoms with van der Waals surface area (Å²) in [4.78, 5) is 15.6. The lowest BCUT2D eigenvalue weighted by molar-refractivity contribution is -0.382. The van der Waals surface area contributed by atoms with Crippen LogP contribution in [0.4, 0.5) is 20.2 Å². The first-order valence-corrected chi connectivity index (χ1v) is 6.57. The third kappa shape index (κ3) is 2.83. The average molecular weight is 303 g/mol. The summed E-state index contributed by atoms with van der Waals surface area (Å²) in [6, 6.07) is 3.02. The number of benzene rings is 1. The molecule has 0 aliphatic carbocycles. The number of rotatable bonds is 6. The lowest BCUT2D eigenvalue weighted by Crippen LogP contribution is -2.32. The van der Waals surface area contributed by atoms with Crippen LogP contribution in [-0.2, 0) is 0 Å². The molecule has 108 valence electrons. The summed E-state index contributed by atoms with van der Waals surface area (Å²) < 4.78 is 25.8. The Morgan fingerprint density at radius 3 is 2.85 bits per heavy atom. The fourth-order valence-electron chi connectivity index (χ4n) is 1.94. The van der Waals surface area contributed by atoms with Gasteiger partial charge < -0.3 is 10.0 Å². The first kappa shape index (κ1) is 14.5. The van der Waals surface area contributed by atoms with Crippen LogP contribution in [0.25, 0.3) is 10.2 Å². The number of halogens is 2. The van der Waals surface area contributed by atoms with Crippen LogP contribution < -0.4 is 4.90 Å². The molecule has 0 radical (unpaired) electrons. The van der Waals surface area contributed by atoms with Crippen LogP contribution >= 0.6 is 11.3 Å². The predicted molar refractivity (Wildman–Crippen MR) is 71.6 cm³/mol. The van der Waals surface area contributed by atoms with Crippen LogP contribution in [0, 0.1) is 10.1 Å². The molecule has 0 saturated carbocycles. The van der Waals surface area contributed by atoms with Crippen molar-refractivity contribution in [3.05, 3.63) is 27.8 Å². The van der Waals surface area contributed by atoms with Crippen molar-refractivity contribution in [2.75, 3.05) is 24.6 Å². The number of nitro groups is 1. The van der Waals surface area contributed by atoms with Gasteiger partial charge in [0, 0.05) is 6.54 Å². The molecular weight excluding hydrogens is 292 g/mol. The molecule has 0 fully saturated rings. The van der Waals surface area contributed by atoms with Crippen LogP contribution in [0.3, 0.4) is 0 Å². The van der Waals surface area contributed by atoms with Gasteiger partial charge in [0.15, 0.2) is 5.52 Å². The molecule has 20 heavy (non-hydrogen) atoms. The zero-order valence-electron chi connectivity index (χ0n) is 10.2. The molecule has 0 aliphatic rings. The number of aliphatic hydroxyl groups is 1. The van der Waals surface area contributed by atoms with Crippen LogP contribution in [0.1, 0.15) is 0 Å². The number of alkyl halides is 2. The molecule has 0 atom stereocenters. The summed E-state index contributed by atoms with van der Waals surface area (Å²) >= 11 is 1.23. The van der Waals surface area contributed by atoms with Gasteiger partial charge in [0.2, 0.25) is 0 Å². The van der Waals surface area contributed by atoms with Crippen molar-refractivity contribution in [2.24, 2.45) is 0 Å².